The molecular weight excluding hydrogens is 434 g/mol. The Morgan fingerprint density at radius 2 is 2.03 bits per heavy atom. The molecule has 1 aromatic carbocycles. The normalized spacial score (nSPS) is 11.3. The average molecular weight is 452 g/mol. The van der Waals surface area contributed by atoms with Crippen molar-refractivity contribution >= 4 is 29.2 Å². The van der Waals surface area contributed by atoms with Gasteiger partial charge in [-0.3, -0.25) is 9.32 Å². The van der Waals surface area contributed by atoms with Crippen LogP contribution in [0.5, 0.6) is 5.75 Å². The lowest BCUT2D eigenvalue weighted by Gasteiger charge is -2.15. The molecule has 0 saturated carbocycles. The topological polar surface area (TPSA) is 175 Å². The molecule has 3 aromatic rings. The minimum atomic E-state index is -0.788. The summed E-state index contributed by atoms with van der Waals surface area (Å²) in [5.74, 6) is -0.0613. The molecule has 12 heteroatoms. The quantitative estimate of drug-likeness (QED) is 0.368. The maximum atomic E-state index is 12.8. The monoisotopic (exact) mass is 452 g/mol. The molecule has 0 radical (unpaired) electrons. The van der Waals surface area contributed by atoms with Gasteiger partial charge in [-0.1, -0.05) is 28.6 Å². The average Bonchev–Trinajstić information content (AvgIpc) is 3.11. The number of aromatic nitrogens is 3. The number of thioether (sulfide) groups is 1. The number of para-hydroxylation sites is 2. The second-order valence-corrected chi connectivity index (χ2v) is 7.82. The van der Waals surface area contributed by atoms with Gasteiger partial charge in [0.25, 0.3) is 0 Å². The summed E-state index contributed by atoms with van der Waals surface area (Å²) in [4.78, 5) is 29.1. The molecular formula is C20H18N7O4S+. The van der Waals surface area contributed by atoms with Crippen molar-refractivity contribution in [3.8, 4) is 29.1 Å². The maximum absolute atomic E-state index is 12.8. The van der Waals surface area contributed by atoms with E-state index in [0.29, 0.717) is 11.4 Å². The van der Waals surface area contributed by atoms with Gasteiger partial charge in [0, 0.05) is 0 Å². The zero-order valence-corrected chi connectivity index (χ0v) is 18.1. The number of nitriles is 2. The third-order valence-electron chi connectivity index (χ3n) is 4.48. The molecule has 1 unspecified atom stereocenters. The third-order valence-corrected chi connectivity index (χ3v) is 5.57. The van der Waals surface area contributed by atoms with Crippen molar-refractivity contribution in [1.82, 2.24) is 10.3 Å². The van der Waals surface area contributed by atoms with Gasteiger partial charge in [-0.25, -0.2) is 9.78 Å². The highest BCUT2D eigenvalue weighted by atomic mass is 32.2. The minimum Gasteiger partial charge on any atom is -0.495 e. The molecule has 1 amide bonds. The van der Waals surface area contributed by atoms with Gasteiger partial charge in [-0.2, -0.15) is 10.5 Å². The number of nitrogens with one attached hydrogen (secondary N) is 2. The van der Waals surface area contributed by atoms with Crippen LogP contribution in [0, 0.1) is 22.7 Å². The summed E-state index contributed by atoms with van der Waals surface area (Å²) in [6.45, 7) is 1.62. The number of rotatable bonds is 6. The predicted octanol–water partition coefficient (Wildman–Crippen LogP) is 1.31. The number of methoxy groups -OCH3 is 1. The predicted molar refractivity (Wildman–Crippen MR) is 115 cm³/mol. The summed E-state index contributed by atoms with van der Waals surface area (Å²) < 4.78 is 11.2. The summed E-state index contributed by atoms with van der Waals surface area (Å²) in [6, 6.07) is 10.8. The van der Waals surface area contributed by atoms with Gasteiger partial charge in [0.05, 0.1) is 23.6 Å². The molecule has 3 rings (SSSR count). The molecule has 0 bridgehead atoms. The Bertz CT molecular complexity index is 1330. The van der Waals surface area contributed by atoms with Crippen LogP contribution in [0.1, 0.15) is 18.1 Å². The van der Waals surface area contributed by atoms with Crippen molar-refractivity contribution in [2.45, 2.75) is 17.2 Å². The number of ether oxygens (including phenoxy) is 1. The maximum Gasteiger partial charge on any atom is 0.435 e. The van der Waals surface area contributed by atoms with E-state index in [2.05, 4.69) is 15.6 Å². The van der Waals surface area contributed by atoms with Crippen molar-refractivity contribution in [2.75, 3.05) is 18.2 Å². The van der Waals surface area contributed by atoms with Crippen LogP contribution in [0.3, 0.4) is 0 Å². The van der Waals surface area contributed by atoms with Crippen molar-refractivity contribution in [1.29, 1.82) is 10.5 Å². The first-order chi connectivity index (χ1) is 15.3. The standard InChI is InChI=1S/C20H17N7O4S/c1-10(18(28)24-13-6-4-5-7-14(13)30-3)32-19-12(9-22)15(11(8-21)17(23)25-19)16-20(29)31-26-27(16)2/h4-7,10H,1-3H3,(H3-,23,24,25,26,28,29)/p+1. The number of hydrogen-bond acceptors (Lipinski definition) is 9. The molecule has 162 valence electrons. The van der Waals surface area contributed by atoms with E-state index < -0.39 is 10.9 Å². The number of aryl methyl sites for hydroxylation is 1. The molecule has 32 heavy (non-hydrogen) atoms. The lowest BCUT2D eigenvalue weighted by atomic mass is 10.0. The van der Waals surface area contributed by atoms with Crippen LogP contribution < -0.4 is 26.1 Å². The second kappa shape index (κ2) is 9.24. The van der Waals surface area contributed by atoms with E-state index in [4.69, 9.17) is 15.0 Å². The zero-order chi connectivity index (χ0) is 23.4. The summed E-state index contributed by atoms with van der Waals surface area (Å²) >= 11 is 0.964. The number of hydrogen-bond donors (Lipinski definition) is 3. The highest BCUT2D eigenvalue weighted by Gasteiger charge is 2.32. The number of aromatic amines is 1. The van der Waals surface area contributed by atoms with Crippen LogP contribution in [0.15, 0.2) is 38.6 Å². The molecule has 11 nitrogen and oxygen atoms in total. The first kappa shape index (κ1) is 22.4. The Balaban J connectivity index is 2.02. The number of nitrogen functional groups attached to an aromatic ring is 1. The fraction of sp³-hybridized carbons (Fsp3) is 0.200. The highest BCUT2D eigenvalue weighted by Crippen LogP contribution is 2.35. The van der Waals surface area contributed by atoms with E-state index in [9.17, 15) is 20.1 Å². The van der Waals surface area contributed by atoms with Gasteiger partial charge in [0.2, 0.25) is 5.91 Å². The summed E-state index contributed by atoms with van der Waals surface area (Å²) in [5.41, 5.74) is 5.35. The number of anilines is 2. The number of carbonyl (C=O) groups excluding carboxylic acids is 1. The van der Waals surface area contributed by atoms with Crippen molar-refractivity contribution in [2.24, 2.45) is 7.05 Å². The van der Waals surface area contributed by atoms with E-state index in [-0.39, 0.29) is 39.1 Å². The van der Waals surface area contributed by atoms with Gasteiger partial charge in [-0.05, 0) is 24.3 Å². The fourth-order valence-corrected chi connectivity index (χ4v) is 3.85. The Hall–Kier alpha value is -4.29. The molecule has 1 atom stereocenters. The largest absolute Gasteiger partial charge is 0.495 e. The van der Waals surface area contributed by atoms with E-state index in [1.54, 1.807) is 31.2 Å². The van der Waals surface area contributed by atoms with E-state index in [1.165, 1.54) is 18.8 Å². The Kier molecular flexibility index (Phi) is 6.47. The van der Waals surface area contributed by atoms with Gasteiger partial charge < -0.3 is 15.8 Å². The van der Waals surface area contributed by atoms with Crippen LogP contribution in [-0.2, 0) is 11.8 Å². The second-order valence-electron chi connectivity index (χ2n) is 6.49. The van der Waals surface area contributed by atoms with Crippen LogP contribution in [0.2, 0.25) is 0 Å². The first-order valence-corrected chi connectivity index (χ1v) is 10.0. The Morgan fingerprint density at radius 3 is 2.62 bits per heavy atom. The van der Waals surface area contributed by atoms with Gasteiger partial charge in [0.15, 0.2) is 7.05 Å². The number of amides is 1. The van der Waals surface area contributed by atoms with Crippen LogP contribution in [0.4, 0.5) is 11.5 Å². The van der Waals surface area contributed by atoms with Crippen LogP contribution in [-0.4, -0.2) is 28.5 Å². The highest BCUT2D eigenvalue weighted by molar-refractivity contribution is 8.00. The van der Waals surface area contributed by atoms with Crippen LogP contribution in [0.25, 0.3) is 11.3 Å². The third kappa shape index (κ3) is 4.12. The molecule has 0 saturated heterocycles. The number of pyridine rings is 1. The number of benzene rings is 1. The van der Waals surface area contributed by atoms with Crippen LogP contribution >= 0.6 is 11.8 Å². The summed E-state index contributed by atoms with van der Waals surface area (Å²) in [5, 5.41) is 23.9. The van der Waals surface area contributed by atoms with Gasteiger partial charge in [-0.15, -0.1) is 0 Å². The first-order valence-electron chi connectivity index (χ1n) is 9.14. The number of nitrogens with zero attached hydrogens (tertiary/aromatic N) is 4. The fourth-order valence-electron chi connectivity index (χ4n) is 2.93. The number of H-pyrrole nitrogens is 1. The van der Waals surface area contributed by atoms with E-state index in [0.717, 1.165) is 11.8 Å². The number of carbonyl (C=O) groups is 1. The molecule has 0 aliphatic heterocycles. The molecule has 0 aliphatic rings. The lowest BCUT2D eigenvalue weighted by molar-refractivity contribution is -0.730. The molecule has 0 spiro atoms. The molecule has 0 aliphatic carbocycles. The van der Waals surface area contributed by atoms with Crippen molar-refractivity contribution in [3.05, 3.63) is 45.8 Å². The Labute approximate surface area is 186 Å². The SMILES string of the molecule is COc1ccccc1NC(=O)C(C)Sc1nc(N)c(C#N)c(-c2c(=O)o[nH][n+]2C)c1C#N. The molecule has 2 aromatic heterocycles. The summed E-state index contributed by atoms with van der Waals surface area (Å²) in [6.07, 6.45) is 0. The van der Waals surface area contributed by atoms with Gasteiger partial charge in [0.1, 0.15) is 39.9 Å². The lowest BCUT2D eigenvalue weighted by Crippen LogP contribution is -2.34. The van der Waals surface area contributed by atoms with E-state index >= 15 is 0 Å². The van der Waals surface area contributed by atoms with E-state index in [1.807, 2.05) is 12.1 Å². The van der Waals surface area contributed by atoms with Gasteiger partial charge >= 0.3 is 11.3 Å². The zero-order valence-electron chi connectivity index (χ0n) is 17.3. The summed E-state index contributed by atoms with van der Waals surface area (Å²) in [7, 11) is 2.97. The molecule has 2 heterocycles. The smallest absolute Gasteiger partial charge is 0.435 e. The van der Waals surface area contributed by atoms with Crippen molar-refractivity contribution < 1.29 is 18.7 Å². The molecule has 0 fully saturated rings. The Morgan fingerprint density at radius 1 is 1.34 bits per heavy atom. The van der Waals surface area contributed by atoms with Crippen molar-refractivity contribution in [3.63, 3.8) is 0 Å². The number of nitrogens with two attached hydrogens (primary N) is 1. The molecule has 4 N–H and O–H groups in total. The minimum absolute atomic E-state index is 0.0140.